The van der Waals surface area contributed by atoms with Gasteiger partial charge in [0.1, 0.15) is 22.3 Å². The molecule has 0 bridgehead atoms. The van der Waals surface area contributed by atoms with Crippen LogP contribution in [0.3, 0.4) is 0 Å². The first-order chi connectivity index (χ1) is 12.0. The molecule has 1 unspecified atom stereocenters. The van der Waals surface area contributed by atoms with E-state index < -0.39 is 27.5 Å². The van der Waals surface area contributed by atoms with Gasteiger partial charge in [0.25, 0.3) is 0 Å². The third kappa shape index (κ3) is 3.28. The Labute approximate surface area is 145 Å². The molecule has 9 heteroatoms. The average Bonchev–Trinajstić information content (AvgIpc) is 3.11. The molecule has 0 radical (unpaired) electrons. The summed E-state index contributed by atoms with van der Waals surface area (Å²) >= 11 is 0. The number of hydrogen-bond donors (Lipinski definition) is 0. The van der Waals surface area contributed by atoms with Crippen LogP contribution in [0.4, 0.5) is 4.39 Å². The molecule has 132 valence electrons. The van der Waals surface area contributed by atoms with Crippen LogP contribution < -0.4 is 0 Å². The van der Waals surface area contributed by atoms with Crippen molar-refractivity contribution >= 4 is 10.0 Å². The maximum Gasteiger partial charge on any atom is 0.244 e. The highest BCUT2D eigenvalue weighted by Crippen LogP contribution is 2.28. The number of morpholine rings is 1. The van der Waals surface area contributed by atoms with Crippen molar-refractivity contribution in [2.75, 3.05) is 19.7 Å². The van der Waals surface area contributed by atoms with E-state index in [4.69, 9.17) is 10.00 Å². The number of aromatic nitrogens is 2. The molecule has 0 N–H and O–H groups in total. The Bertz CT molecular complexity index is 920. The first kappa shape index (κ1) is 17.5. The molecule has 0 spiro atoms. The van der Waals surface area contributed by atoms with Crippen molar-refractivity contribution < 1.29 is 17.5 Å². The van der Waals surface area contributed by atoms with Crippen molar-refractivity contribution in [3.8, 4) is 6.07 Å². The molecule has 1 aliphatic rings. The minimum atomic E-state index is -4.00. The van der Waals surface area contributed by atoms with Gasteiger partial charge in [-0.1, -0.05) is 6.07 Å². The second kappa shape index (κ2) is 6.92. The quantitative estimate of drug-likeness (QED) is 0.823. The zero-order valence-corrected chi connectivity index (χ0v) is 14.4. The SMILES string of the molecule is CCn1cc(C2CN(S(=O)(=O)c3cccc(F)c3C#N)CCO2)cn1. The van der Waals surface area contributed by atoms with Crippen LogP contribution in [0.1, 0.15) is 24.2 Å². The topological polar surface area (TPSA) is 88.2 Å². The maximum absolute atomic E-state index is 13.8. The normalized spacial score (nSPS) is 18.8. The van der Waals surface area contributed by atoms with Crippen LogP contribution in [0.25, 0.3) is 0 Å². The minimum Gasteiger partial charge on any atom is -0.371 e. The first-order valence-corrected chi connectivity index (χ1v) is 9.24. The molecule has 1 aromatic heterocycles. The summed E-state index contributed by atoms with van der Waals surface area (Å²) in [5.41, 5.74) is 0.311. The van der Waals surface area contributed by atoms with Gasteiger partial charge in [-0.05, 0) is 19.1 Å². The second-order valence-electron chi connectivity index (χ2n) is 5.58. The molecular formula is C16H17FN4O3S. The molecule has 0 amide bonds. The molecule has 1 aromatic carbocycles. The molecule has 1 aliphatic heterocycles. The van der Waals surface area contributed by atoms with Crippen molar-refractivity contribution in [1.82, 2.24) is 14.1 Å². The summed E-state index contributed by atoms with van der Waals surface area (Å²) < 4.78 is 48.2. The van der Waals surface area contributed by atoms with Gasteiger partial charge in [-0.2, -0.15) is 14.7 Å². The number of hydrogen-bond acceptors (Lipinski definition) is 5. The summed E-state index contributed by atoms with van der Waals surface area (Å²) in [7, 11) is -4.00. The summed E-state index contributed by atoms with van der Waals surface area (Å²) in [5.74, 6) is -0.849. The van der Waals surface area contributed by atoms with Crippen LogP contribution in [-0.4, -0.2) is 42.2 Å². The van der Waals surface area contributed by atoms with Crippen molar-refractivity contribution in [1.29, 1.82) is 5.26 Å². The number of rotatable bonds is 4. The predicted octanol–water partition coefficient (Wildman–Crippen LogP) is 1.68. The van der Waals surface area contributed by atoms with Gasteiger partial charge in [-0.15, -0.1) is 0 Å². The van der Waals surface area contributed by atoms with Crippen LogP contribution in [0.15, 0.2) is 35.5 Å². The van der Waals surface area contributed by atoms with Crippen molar-refractivity contribution in [3.05, 3.63) is 47.5 Å². The third-order valence-corrected chi connectivity index (χ3v) is 5.99. The number of nitriles is 1. The average molecular weight is 364 g/mol. The van der Waals surface area contributed by atoms with Crippen LogP contribution in [0.5, 0.6) is 0 Å². The molecule has 1 saturated heterocycles. The number of sulfonamides is 1. The predicted molar refractivity (Wildman–Crippen MR) is 86.5 cm³/mol. The third-order valence-electron chi connectivity index (χ3n) is 4.08. The Hall–Kier alpha value is -2.28. The van der Waals surface area contributed by atoms with E-state index in [1.54, 1.807) is 16.9 Å². The van der Waals surface area contributed by atoms with Crippen molar-refractivity contribution in [2.24, 2.45) is 0 Å². The van der Waals surface area contributed by atoms with E-state index in [-0.39, 0.29) is 24.6 Å². The number of ether oxygens (including phenoxy) is 1. The summed E-state index contributed by atoms with van der Waals surface area (Å²) in [6.45, 7) is 3.08. The van der Waals surface area contributed by atoms with Gasteiger partial charge >= 0.3 is 0 Å². The molecule has 3 rings (SSSR count). The lowest BCUT2D eigenvalue weighted by atomic mass is 10.2. The fraction of sp³-hybridized carbons (Fsp3) is 0.375. The van der Waals surface area contributed by atoms with Crippen LogP contribution in [0, 0.1) is 17.1 Å². The van der Waals surface area contributed by atoms with Gasteiger partial charge in [0.05, 0.1) is 18.9 Å². The Morgan fingerprint density at radius 1 is 1.48 bits per heavy atom. The van der Waals surface area contributed by atoms with Gasteiger partial charge in [0.15, 0.2) is 0 Å². The summed E-state index contributed by atoms with van der Waals surface area (Å²) in [4.78, 5) is -0.320. The number of benzene rings is 1. The van der Waals surface area contributed by atoms with Gasteiger partial charge in [0, 0.05) is 31.4 Å². The van der Waals surface area contributed by atoms with Gasteiger partial charge in [-0.3, -0.25) is 4.68 Å². The fourth-order valence-electron chi connectivity index (χ4n) is 2.73. The van der Waals surface area contributed by atoms with E-state index in [0.29, 0.717) is 6.54 Å². The molecular weight excluding hydrogens is 347 g/mol. The Morgan fingerprint density at radius 3 is 2.96 bits per heavy atom. The molecule has 1 fully saturated rings. The lowest BCUT2D eigenvalue weighted by Crippen LogP contribution is -2.42. The fourth-order valence-corrected chi connectivity index (χ4v) is 4.31. The maximum atomic E-state index is 13.8. The molecule has 2 aromatic rings. The highest BCUT2D eigenvalue weighted by atomic mass is 32.2. The van der Waals surface area contributed by atoms with Crippen LogP contribution in [0.2, 0.25) is 0 Å². The largest absolute Gasteiger partial charge is 0.371 e. The van der Waals surface area contributed by atoms with Crippen molar-refractivity contribution in [2.45, 2.75) is 24.5 Å². The lowest BCUT2D eigenvalue weighted by Gasteiger charge is -2.31. The van der Waals surface area contributed by atoms with E-state index in [1.807, 2.05) is 13.1 Å². The second-order valence-corrected chi connectivity index (χ2v) is 7.48. The Morgan fingerprint density at radius 2 is 2.28 bits per heavy atom. The minimum absolute atomic E-state index is 0.0825. The van der Waals surface area contributed by atoms with Crippen LogP contribution in [-0.2, 0) is 21.3 Å². The zero-order chi connectivity index (χ0) is 18.0. The van der Waals surface area contributed by atoms with E-state index in [9.17, 15) is 12.8 Å². The van der Waals surface area contributed by atoms with Gasteiger partial charge in [0.2, 0.25) is 10.0 Å². The zero-order valence-electron chi connectivity index (χ0n) is 13.6. The van der Waals surface area contributed by atoms with E-state index in [1.165, 1.54) is 16.4 Å². The van der Waals surface area contributed by atoms with E-state index >= 15 is 0 Å². The number of aryl methyl sites for hydroxylation is 1. The Kier molecular flexibility index (Phi) is 4.85. The summed E-state index contributed by atoms with van der Waals surface area (Å²) in [6.07, 6.45) is 3.00. The monoisotopic (exact) mass is 364 g/mol. The molecule has 2 heterocycles. The van der Waals surface area contributed by atoms with Crippen LogP contribution >= 0.6 is 0 Å². The lowest BCUT2D eigenvalue weighted by molar-refractivity contribution is -0.00261. The number of nitrogens with zero attached hydrogens (tertiary/aromatic N) is 4. The van der Waals surface area contributed by atoms with Gasteiger partial charge in [-0.25, -0.2) is 12.8 Å². The molecule has 0 saturated carbocycles. The molecule has 25 heavy (non-hydrogen) atoms. The first-order valence-electron chi connectivity index (χ1n) is 7.80. The van der Waals surface area contributed by atoms with E-state index in [2.05, 4.69) is 5.10 Å². The van der Waals surface area contributed by atoms with E-state index in [0.717, 1.165) is 11.6 Å². The van der Waals surface area contributed by atoms with Gasteiger partial charge < -0.3 is 4.74 Å². The standard InChI is InChI=1S/C16H17FN4O3S/c1-2-20-10-12(9-19-20)15-11-21(6-7-24-15)25(22,23)16-5-3-4-14(17)13(16)8-18/h3-5,9-10,15H,2,6-7,11H2,1H3. The molecule has 7 nitrogen and oxygen atoms in total. The molecule has 0 aliphatic carbocycles. The number of halogens is 1. The highest BCUT2D eigenvalue weighted by Gasteiger charge is 2.34. The van der Waals surface area contributed by atoms with Crippen molar-refractivity contribution in [3.63, 3.8) is 0 Å². The molecule has 1 atom stereocenters. The summed E-state index contributed by atoms with van der Waals surface area (Å²) in [6, 6.07) is 5.24. The highest BCUT2D eigenvalue weighted by molar-refractivity contribution is 7.89. The smallest absolute Gasteiger partial charge is 0.244 e. The Balaban J connectivity index is 1.90. The summed E-state index contributed by atoms with van der Waals surface area (Å²) in [5, 5.41) is 13.3.